The number of carboxylic acids is 1. The molecule has 2 unspecified atom stereocenters. The third-order valence-corrected chi connectivity index (χ3v) is 3.32. The van der Waals surface area contributed by atoms with E-state index in [1.807, 2.05) is 18.2 Å². The maximum absolute atomic E-state index is 11.1. The Labute approximate surface area is 125 Å². The lowest BCUT2D eigenvalue weighted by atomic mass is 10.0. The quantitative estimate of drug-likeness (QED) is 0.363. The maximum atomic E-state index is 11.1. The van der Waals surface area contributed by atoms with Gasteiger partial charge in [-0.1, -0.05) is 42.6 Å². The second-order valence-electron chi connectivity index (χ2n) is 4.76. The molecule has 0 spiro atoms. The number of allylic oxidation sites excluding steroid dienone is 5. The molecule has 0 heterocycles. The van der Waals surface area contributed by atoms with Crippen LogP contribution in [0.15, 0.2) is 36.5 Å². The Morgan fingerprint density at radius 3 is 2.90 bits per heavy atom. The summed E-state index contributed by atoms with van der Waals surface area (Å²) in [5.41, 5.74) is 5.41. The lowest BCUT2D eigenvalue weighted by Crippen LogP contribution is -2.39. The Kier molecular flexibility index (Phi) is 7.84. The molecule has 0 saturated heterocycles. The van der Waals surface area contributed by atoms with Gasteiger partial charge in [0, 0.05) is 0 Å². The SMILES string of the molecule is NCCCCC(NC(=S)C=CC1C=CC=CC1)C(=O)O. The van der Waals surface area contributed by atoms with Crippen molar-refractivity contribution in [1.29, 1.82) is 0 Å². The van der Waals surface area contributed by atoms with Crippen LogP contribution in [0.1, 0.15) is 25.7 Å². The Hall–Kier alpha value is -1.46. The van der Waals surface area contributed by atoms with Gasteiger partial charge in [0.1, 0.15) is 6.04 Å². The maximum Gasteiger partial charge on any atom is 0.326 e. The average Bonchev–Trinajstić information content (AvgIpc) is 2.45. The van der Waals surface area contributed by atoms with Gasteiger partial charge in [-0.25, -0.2) is 4.79 Å². The molecule has 0 aliphatic heterocycles. The molecule has 0 aromatic heterocycles. The van der Waals surface area contributed by atoms with Gasteiger partial charge >= 0.3 is 5.97 Å². The molecule has 2 atom stereocenters. The predicted molar refractivity (Wildman–Crippen MR) is 85.6 cm³/mol. The van der Waals surface area contributed by atoms with E-state index in [0.29, 0.717) is 23.9 Å². The summed E-state index contributed by atoms with van der Waals surface area (Å²) >= 11 is 5.17. The lowest BCUT2D eigenvalue weighted by molar-refractivity contribution is -0.139. The van der Waals surface area contributed by atoms with Gasteiger partial charge in [0.2, 0.25) is 0 Å². The predicted octanol–water partition coefficient (Wildman–Crippen LogP) is 2.17. The number of hydrogen-bond donors (Lipinski definition) is 3. The number of rotatable bonds is 8. The van der Waals surface area contributed by atoms with Gasteiger partial charge in [-0.15, -0.1) is 0 Å². The van der Waals surface area contributed by atoms with Crippen molar-refractivity contribution in [2.45, 2.75) is 31.7 Å². The highest BCUT2D eigenvalue weighted by Crippen LogP contribution is 2.12. The Morgan fingerprint density at radius 1 is 1.50 bits per heavy atom. The first-order valence-electron chi connectivity index (χ1n) is 6.88. The van der Waals surface area contributed by atoms with Crippen molar-refractivity contribution in [3.8, 4) is 0 Å². The van der Waals surface area contributed by atoms with Crippen LogP contribution in [-0.2, 0) is 4.79 Å². The van der Waals surface area contributed by atoms with Crippen molar-refractivity contribution in [3.63, 3.8) is 0 Å². The highest BCUT2D eigenvalue weighted by molar-refractivity contribution is 7.80. The molecule has 0 aromatic carbocycles. The van der Waals surface area contributed by atoms with E-state index in [9.17, 15) is 4.79 Å². The summed E-state index contributed by atoms with van der Waals surface area (Å²) in [6.07, 6.45) is 15.1. The summed E-state index contributed by atoms with van der Waals surface area (Å²) in [5.74, 6) is -0.543. The molecule has 0 radical (unpaired) electrons. The highest BCUT2D eigenvalue weighted by Gasteiger charge is 2.16. The van der Waals surface area contributed by atoms with Crippen LogP contribution < -0.4 is 11.1 Å². The molecule has 1 aliphatic carbocycles. The Balaban J connectivity index is 2.40. The average molecular weight is 294 g/mol. The summed E-state index contributed by atoms with van der Waals surface area (Å²) < 4.78 is 0. The van der Waals surface area contributed by atoms with Gasteiger partial charge in [0.05, 0.1) is 4.99 Å². The van der Waals surface area contributed by atoms with Crippen LogP contribution in [0.3, 0.4) is 0 Å². The number of unbranched alkanes of at least 4 members (excludes halogenated alkanes) is 1. The fraction of sp³-hybridized carbons (Fsp3) is 0.467. The van der Waals surface area contributed by atoms with Crippen LogP contribution in [-0.4, -0.2) is 28.7 Å². The van der Waals surface area contributed by atoms with Crippen molar-refractivity contribution < 1.29 is 9.90 Å². The van der Waals surface area contributed by atoms with E-state index in [2.05, 4.69) is 17.5 Å². The molecule has 0 fully saturated rings. The van der Waals surface area contributed by atoms with Gasteiger partial charge in [-0.05, 0) is 44.2 Å². The zero-order valence-corrected chi connectivity index (χ0v) is 12.3. The molecule has 5 heteroatoms. The van der Waals surface area contributed by atoms with E-state index in [0.717, 1.165) is 19.3 Å². The van der Waals surface area contributed by atoms with Crippen LogP contribution >= 0.6 is 12.2 Å². The van der Waals surface area contributed by atoms with Gasteiger partial charge < -0.3 is 16.2 Å². The molecule has 4 N–H and O–H groups in total. The zero-order valence-electron chi connectivity index (χ0n) is 11.5. The standard InChI is InChI=1S/C15H22N2O2S/c16-11-5-4-8-13(15(18)19)17-14(20)10-9-12-6-2-1-3-7-12/h1-3,6,9-10,12-13H,4-5,7-8,11,16H2,(H,17,20)(H,18,19). The number of thiocarbonyl (C=S) groups is 1. The van der Waals surface area contributed by atoms with Crippen molar-refractivity contribution in [3.05, 3.63) is 36.5 Å². The smallest absolute Gasteiger partial charge is 0.326 e. The summed E-state index contributed by atoms with van der Waals surface area (Å²) in [6.45, 7) is 0.582. The minimum absolute atomic E-state index is 0.334. The van der Waals surface area contributed by atoms with E-state index in [4.69, 9.17) is 23.1 Å². The van der Waals surface area contributed by atoms with Crippen LogP contribution in [0.4, 0.5) is 0 Å². The minimum atomic E-state index is -0.877. The molecule has 1 rings (SSSR count). The van der Waals surface area contributed by atoms with E-state index < -0.39 is 12.0 Å². The Morgan fingerprint density at radius 2 is 2.30 bits per heavy atom. The van der Waals surface area contributed by atoms with Gasteiger partial charge in [-0.2, -0.15) is 0 Å². The minimum Gasteiger partial charge on any atom is -0.480 e. The molecular formula is C15H22N2O2S. The van der Waals surface area contributed by atoms with Crippen molar-refractivity contribution in [2.75, 3.05) is 6.54 Å². The normalized spacial score (nSPS) is 19.1. The third kappa shape index (κ3) is 6.63. The van der Waals surface area contributed by atoms with Crippen LogP contribution in [0.5, 0.6) is 0 Å². The first kappa shape index (κ1) is 16.6. The summed E-state index contributed by atoms with van der Waals surface area (Å²) in [4.78, 5) is 11.6. The monoisotopic (exact) mass is 294 g/mol. The van der Waals surface area contributed by atoms with E-state index in [1.54, 1.807) is 6.08 Å². The second-order valence-corrected chi connectivity index (χ2v) is 5.20. The number of carbonyl (C=O) groups is 1. The molecule has 0 aromatic rings. The lowest BCUT2D eigenvalue weighted by Gasteiger charge is -2.15. The van der Waals surface area contributed by atoms with Crippen molar-refractivity contribution in [1.82, 2.24) is 5.32 Å². The number of hydrogen-bond acceptors (Lipinski definition) is 3. The van der Waals surface area contributed by atoms with Crippen molar-refractivity contribution >= 4 is 23.2 Å². The van der Waals surface area contributed by atoms with Gasteiger partial charge in [-0.3, -0.25) is 0 Å². The van der Waals surface area contributed by atoms with E-state index in [-0.39, 0.29) is 0 Å². The van der Waals surface area contributed by atoms with E-state index in [1.165, 1.54) is 0 Å². The largest absolute Gasteiger partial charge is 0.480 e. The summed E-state index contributed by atoms with van der Waals surface area (Å²) in [6, 6.07) is -0.638. The van der Waals surface area contributed by atoms with Crippen LogP contribution in [0, 0.1) is 5.92 Å². The fourth-order valence-corrected chi connectivity index (χ4v) is 2.14. The molecular weight excluding hydrogens is 272 g/mol. The number of nitrogens with one attached hydrogen (secondary N) is 1. The fourth-order valence-electron chi connectivity index (χ4n) is 1.92. The molecule has 0 saturated carbocycles. The van der Waals surface area contributed by atoms with Gasteiger partial charge in [0.15, 0.2) is 0 Å². The molecule has 1 aliphatic rings. The first-order valence-corrected chi connectivity index (χ1v) is 7.29. The Bertz CT molecular complexity index is 416. The number of carboxylic acid groups (broad SMARTS) is 1. The number of aliphatic carboxylic acids is 1. The molecule has 20 heavy (non-hydrogen) atoms. The van der Waals surface area contributed by atoms with Crippen LogP contribution in [0.25, 0.3) is 0 Å². The zero-order chi connectivity index (χ0) is 14.8. The molecule has 0 amide bonds. The molecule has 0 bridgehead atoms. The summed E-state index contributed by atoms with van der Waals surface area (Å²) in [5, 5.41) is 12.0. The second kappa shape index (κ2) is 9.44. The van der Waals surface area contributed by atoms with Crippen molar-refractivity contribution in [2.24, 2.45) is 11.7 Å². The van der Waals surface area contributed by atoms with E-state index >= 15 is 0 Å². The third-order valence-electron chi connectivity index (χ3n) is 3.07. The number of nitrogens with two attached hydrogens (primary N) is 1. The van der Waals surface area contributed by atoms with Crippen LogP contribution in [0.2, 0.25) is 0 Å². The topological polar surface area (TPSA) is 75.3 Å². The molecule has 4 nitrogen and oxygen atoms in total. The summed E-state index contributed by atoms with van der Waals surface area (Å²) in [7, 11) is 0. The highest BCUT2D eigenvalue weighted by atomic mass is 32.1. The first-order chi connectivity index (χ1) is 9.63. The van der Waals surface area contributed by atoms with Gasteiger partial charge in [0.25, 0.3) is 0 Å². The molecule has 110 valence electrons.